The molecule has 0 N–H and O–H groups in total. The molecule has 0 spiro atoms. The van der Waals surface area contributed by atoms with E-state index >= 15 is 0 Å². The molecule has 31 heavy (non-hydrogen) atoms. The van der Waals surface area contributed by atoms with Crippen molar-refractivity contribution >= 4 is 11.6 Å². The van der Waals surface area contributed by atoms with Crippen LogP contribution in [0.2, 0.25) is 0 Å². The smallest absolute Gasteiger partial charge is 0.255 e. The molecule has 3 aromatic rings. The molecule has 2 saturated heterocycles. The Morgan fingerprint density at radius 1 is 1.13 bits per heavy atom. The molecule has 0 unspecified atom stereocenters. The van der Waals surface area contributed by atoms with E-state index in [2.05, 4.69) is 45.1 Å². The Hall–Kier alpha value is -2.84. The minimum atomic E-state index is 0.0931. The summed E-state index contributed by atoms with van der Waals surface area (Å²) in [4.78, 5) is 23.9. The fourth-order valence-electron chi connectivity index (χ4n) is 4.78. The topological polar surface area (TPSA) is 69.9 Å². The van der Waals surface area contributed by atoms with Gasteiger partial charge in [-0.15, -0.1) is 10.2 Å². The van der Waals surface area contributed by atoms with E-state index in [9.17, 15) is 4.79 Å². The number of hydrogen-bond donors (Lipinski definition) is 0. The van der Waals surface area contributed by atoms with Gasteiger partial charge in [0.05, 0.1) is 5.56 Å². The number of carbonyl (C=O) groups is 1. The lowest BCUT2D eigenvalue weighted by molar-refractivity contribution is 0.0782. The lowest BCUT2D eigenvalue weighted by Crippen LogP contribution is -2.34. The molecule has 0 bridgehead atoms. The first-order valence-electron chi connectivity index (χ1n) is 11.0. The summed E-state index contributed by atoms with van der Waals surface area (Å²) in [5.41, 5.74) is 2.73. The van der Waals surface area contributed by atoms with Crippen LogP contribution in [-0.2, 0) is 6.54 Å². The molecule has 2 aliphatic heterocycles. The highest BCUT2D eigenvalue weighted by Crippen LogP contribution is 2.28. The third-order valence-corrected chi connectivity index (χ3v) is 6.62. The minimum Gasteiger partial charge on any atom is -0.337 e. The normalized spacial score (nSPS) is 22.1. The molecular formula is C23H29N7O. The van der Waals surface area contributed by atoms with Crippen molar-refractivity contribution in [2.45, 2.75) is 31.3 Å². The van der Waals surface area contributed by atoms with Crippen LogP contribution in [-0.4, -0.2) is 86.5 Å². The van der Waals surface area contributed by atoms with E-state index in [1.165, 1.54) is 5.56 Å². The predicted molar refractivity (Wildman–Crippen MR) is 118 cm³/mol. The molecule has 2 fully saturated rings. The highest BCUT2D eigenvalue weighted by Gasteiger charge is 2.30. The van der Waals surface area contributed by atoms with Crippen LogP contribution in [0.15, 0.2) is 42.9 Å². The maximum absolute atomic E-state index is 13.1. The Morgan fingerprint density at radius 2 is 2.03 bits per heavy atom. The van der Waals surface area contributed by atoms with E-state index in [0.29, 0.717) is 17.5 Å². The van der Waals surface area contributed by atoms with Gasteiger partial charge in [-0.2, -0.15) is 0 Å². The van der Waals surface area contributed by atoms with Crippen molar-refractivity contribution in [3.05, 3.63) is 59.8 Å². The SMILES string of the molecule is CN(C)[C@@H]1CCN(C(=O)c2ccc3nnc([C@@H]4CCN(Cc5cccnc5)C4)n3c2)C1. The molecular weight excluding hydrogens is 390 g/mol. The van der Waals surface area contributed by atoms with Crippen LogP contribution in [0, 0.1) is 0 Å². The Bertz CT molecular complexity index is 1060. The minimum absolute atomic E-state index is 0.0931. The van der Waals surface area contributed by atoms with Gasteiger partial charge in [-0.25, -0.2) is 0 Å². The first kappa shape index (κ1) is 20.1. The zero-order valence-electron chi connectivity index (χ0n) is 18.2. The van der Waals surface area contributed by atoms with Crippen LogP contribution in [0.25, 0.3) is 5.65 Å². The third-order valence-electron chi connectivity index (χ3n) is 6.62. The summed E-state index contributed by atoms with van der Waals surface area (Å²) in [5.74, 6) is 1.35. The van der Waals surface area contributed by atoms with Crippen LogP contribution in [0.4, 0.5) is 0 Å². The summed E-state index contributed by atoms with van der Waals surface area (Å²) in [7, 11) is 4.15. The molecule has 2 aliphatic rings. The highest BCUT2D eigenvalue weighted by molar-refractivity contribution is 5.94. The fraction of sp³-hybridized carbons (Fsp3) is 0.478. The van der Waals surface area contributed by atoms with Gasteiger partial charge in [0.25, 0.3) is 5.91 Å². The van der Waals surface area contributed by atoms with Gasteiger partial charge < -0.3 is 9.80 Å². The number of rotatable bonds is 5. The third kappa shape index (κ3) is 4.05. The Kier molecular flexibility index (Phi) is 5.41. The number of aromatic nitrogens is 4. The number of carbonyl (C=O) groups excluding carboxylic acids is 1. The van der Waals surface area contributed by atoms with Gasteiger partial charge in [0.2, 0.25) is 0 Å². The average Bonchev–Trinajstić information content (AvgIpc) is 3.53. The fourth-order valence-corrected chi connectivity index (χ4v) is 4.78. The van der Waals surface area contributed by atoms with Crippen molar-refractivity contribution < 1.29 is 4.79 Å². The molecule has 8 heteroatoms. The molecule has 1 amide bonds. The van der Waals surface area contributed by atoms with Crippen molar-refractivity contribution in [3.8, 4) is 0 Å². The van der Waals surface area contributed by atoms with E-state index in [-0.39, 0.29) is 5.91 Å². The maximum atomic E-state index is 13.1. The predicted octanol–water partition coefficient (Wildman–Crippen LogP) is 1.89. The quantitative estimate of drug-likeness (QED) is 0.629. The largest absolute Gasteiger partial charge is 0.337 e. The van der Waals surface area contributed by atoms with E-state index in [1.807, 2.05) is 39.9 Å². The molecule has 3 aromatic heterocycles. The first-order valence-corrected chi connectivity index (χ1v) is 11.0. The van der Waals surface area contributed by atoms with Crippen LogP contribution in [0.1, 0.15) is 40.5 Å². The molecule has 8 nitrogen and oxygen atoms in total. The van der Waals surface area contributed by atoms with E-state index < -0.39 is 0 Å². The zero-order chi connectivity index (χ0) is 21.4. The molecule has 0 saturated carbocycles. The Morgan fingerprint density at radius 3 is 2.81 bits per heavy atom. The van der Waals surface area contributed by atoms with Crippen molar-refractivity contribution in [1.82, 2.24) is 34.3 Å². The summed E-state index contributed by atoms with van der Waals surface area (Å²) in [6.45, 7) is 4.44. The number of nitrogens with zero attached hydrogens (tertiary/aromatic N) is 7. The zero-order valence-corrected chi connectivity index (χ0v) is 18.2. The van der Waals surface area contributed by atoms with Crippen LogP contribution in [0.3, 0.4) is 0 Å². The standard InChI is InChI=1S/C23H29N7O/c1-27(2)20-8-11-29(16-20)23(31)19-5-6-21-25-26-22(30(21)15-19)18-7-10-28(14-18)13-17-4-3-9-24-12-17/h3-6,9,12,15,18,20H,7-8,10-11,13-14,16H2,1-2H3/t18-,20-/m1/s1. The van der Waals surface area contributed by atoms with E-state index in [4.69, 9.17) is 0 Å². The molecule has 5 rings (SSSR count). The van der Waals surface area contributed by atoms with Crippen LogP contribution < -0.4 is 0 Å². The number of pyridine rings is 2. The van der Waals surface area contributed by atoms with Gasteiger partial charge in [0, 0.05) is 56.7 Å². The number of hydrogen-bond acceptors (Lipinski definition) is 6. The number of amides is 1. The number of likely N-dealkylation sites (N-methyl/N-ethyl adjacent to an activating group) is 1. The van der Waals surface area contributed by atoms with Gasteiger partial charge in [0.15, 0.2) is 5.65 Å². The van der Waals surface area contributed by atoms with Crippen LogP contribution >= 0.6 is 0 Å². The van der Waals surface area contributed by atoms with Crippen molar-refractivity contribution in [1.29, 1.82) is 0 Å². The van der Waals surface area contributed by atoms with E-state index in [0.717, 1.165) is 57.0 Å². The lowest BCUT2D eigenvalue weighted by atomic mass is 10.1. The van der Waals surface area contributed by atoms with E-state index in [1.54, 1.807) is 6.20 Å². The van der Waals surface area contributed by atoms with Gasteiger partial charge in [-0.05, 0) is 57.2 Å². The van der Waals surface area contributed by atoms with Crippen molar-refractivity contribution in [3.63, 3.8) is 0 Å². The van der Waals surface area contributed by atoms with Gasteiger partial charge in [0.1, 0.15) is 5.82 Å². The molecule has 0 aliphatic carbocycles. The van der Waals surface area contributed by atoms with Gasteiger partial charge in [-0.1, -0.05) is 6.07 Å². The van der Waals surface area contributed by atoms with Gasteiger partial charge in [-0.3, -0.25) is 19.1 Å². The molecule has 0 radical (unpaired) electrons. The summed E-state index contributed by atoms with van der Waals surface area (Å²) < 4.78 is 2.02. The second-order valence-electron chi connectivity index (χ2n) is 8.94. The molecule has 0 aromatic carbocycles. The Balaban J connectivity index is 1.32. The molecule has 162 valence electrons. The van der Waals surface area contributed by atoms with Crippen LogP contribution in [0.5, 0.6) is 0 Å². The summed E-state index contributed by atoms with van der Waals surface area (Å²) in [6.07, 6.45) is 7.72. The molecule has 5 heterocycles. The summed E-state index contributed by atoms with van der Waals surface area (Å²) in [6, 6.07) is 8.31. The van der Waals surface area contributed by atoms with Crippen molar-refractivity contribution in [2.75, 3.05) is 40.3 Å². The van der Waals surface area contributed by atoms with Crippen molar-refractivity contribution in [2.24, 2.45) is 0 Å². The second-order valence-corrected chi connectivity index (χ2v) is 8.94. The lowest BCUT2D eigenvalue weighted by Gasteiger charge is -2.20. The average molecular weight is 420 g/mol. The highest BCUT2D eigenvalue weighted by atomic mass is 16.2. The second kappa shape index (κ2) is 8.36. The Labute approximate surface area is 182 Å². The maximum Gasteiger partial charge on any atom is 0.255 e. The number of fused-ring (bicyclic) bond motifs is 1. The summed E-state index contributed by atoms with van der Waals surface area (Å²) >= 11 is 0. The number of likely N-dealkylation sites (tertiary alicyclic amines) is 2. The summed E-state index contributed by atoms with van der Waals surface area (Å²) in [5, 5.41) is 8.85. The first-order chi connectivity index (χ1) is 15.1. The monoisotopic (exact) mass is 419 g/mol. The molecule has 2 atom stereocenters. The van der Waals surface area contributed by atoms with Gasteiger partial charge >= 0.3 is 0 Å².